The van der Waals surface area contributed by atoms with Crippen LogP contribution in [-0.2, 0) is 16.4 Å². The van der Waals surface area contributed by atoms with Crippen molar-refractivity contribution >= 4 is 21.4 Å². The van der Waals surface area contributed by atoms with Gasteiger partial charge >= 0.3 is 0 Å². The molecule has 148 valence electrons. The van der Waals surface area contributed by atoms with Gasteiger partial charge in [-0.15, -0.1) is 11.3 Å². The Morgan fingerprint density at radius 2 is 1.93 bits per heavy atom. The molecule has 0 aliphatic carbocycles. The zero-order valence-electron chi connectivity index (χ0n) is 15.8. The van der Waals surface area contributed by atoms with E-state index in [0.29, 0.717) is 18.9 Å². The summed E-state index contributed by atoms with van der Waals surface area (Å²) in [5.41, 5.74) is 0.997. The third kappa shape index (κ3) is 6.31. The Morgan fingerprint density at radius 1 is 1.19 bits per heavy atom. The summed E-state index contributed by atoms with van der Waals surface area (Å²) in [5, 5.41) is 2.14. The Balaban J connectivity index is 1.35. The van der Waals surface area contributed by atoms with Crippen molar-refractivity contribution in [2.75, 3.05) is 39.0 Å². The molecule has 1 aliphatic heterocycles. The summed E-state index contributed by atoms with van der Waals surface area (Å²) in [7, 11) is -1.63. The van der Waals surface area contributed by atoms with Crippen LogP contribution >= 0.6 is 11.3 Å². The van der Waals surface area contributed by atoms with Gasteiger partial charge in [-0.05, 0) is 67.4 Å². The third-order valence-electron chi connectivity index (χ3n) is 5.10. The van der Waals surface area contributed by atoms with Gasteiger partial charge in [-0.25, -0.2) is 13.1 Å². The van der Waals surface area contributed by atoms with Crippen LogP contribution in [0.3, 0.4) is 0 Å². The van der Waals surface area contributed by atoms with Gasteiger partial charge in [0.1, 0.15) is 5.75 Å². The van der Waals surface area contributed by atoms with Crippen LogP contribution in [0.2, 0.25) is 0 Å². The number of methoxy groups -OCH3 is 1. The summed E-state index contributed by atoms with van der Waals surface area (Å²) in [6.07, 6.45) is 2.82. The molecule has 2 heterocycles. The van der Waals surface area contributed by atoms with Gasteiger partial charge in [0, 0.05) is 18.0 Å². The number of thiophene rings is 1. The highest BCUT2D eigenvalue weighted by molar-refractivity contribution is 7.89. The van der Waals surface area contributed by atoms with Crippen LogP contribution in [0.25, 0.3) is 0 Å². The number of aryl methyl sites for hydroxylation is 1. The molecular weight excluding hydrogens is 380 g/mol. The van der Waals surface area contributed by atoms with Gasteiger partial charge in [0.15, 0.2) is 0 Å². The maximum Gasteiger partial charge on any atom is 0.211 e. The molecular formula is C20H28N2O3S2. The molecule has 0 bridgehead atoms. The Kier molecular flexibility index (Phi) is 7.29. The van der Waals surface area contributed by atoms with E-state index in [-0.39, 0.29) is 5.75 Å². The number of nitrogens with zero attached hydrogens (tertiary/aromatic N) is 1. The monoisotopic (exact) mass is 408 g/mol. The Morgan fingerprint density at radius 3 is 2.56 bits per heavy atom. The van der Waals surface area contributed by atoms with E-state index < -0.39 is 10.0 Å². The zero-order chi connectivity index (χ0) is 19.1. The number of hydrogen-bond donors (Lipinski definition) is 1. The quantitative estimate of drug-likeness (QED) is 0.693. The first kappa shape index (κ1) is 20.3. The molecule has 1 N–H and O–H groups in total. The number of sulfonamides is 1. The molecule has 2 aromatic rings. The fraction of sp³-hybridized carbons (Fsp3) is 0.500. The molecule has 0 saturated carbocycles. The number of rotatable bonds is 9. The molecule has 0 radical (unpaired) electrons. The van der Waals surface area contributed by atoms with E-state index in [2.05, 4.69) is 27.1 Å². The summed E-state index contributed by atoms with van der Waals surface area (Å²) in [4.78, 5) is 3.84. The highest BCUT2D eigenvalue weighted by Crippen LogP contribution is 2.30. The van der Waals surface area contributed by atoms with Gasteiger partial charge in [0.25, 0.3) is 0 Å². The van der Waals surface area contributed by atoms with Crippen molar-refractivity contribution in [3.8, 4) is 5.75 Å². The second kappa shape index (κ2) is 9.68. The molecule has 0 atom stereocenters. The van der Waals surface area contributed by atoms with Crippen LogP contribution in [-0.4, -0.2) is 52.4 Å². The van der Waals surface area contributed by atoms with E-state index in [4.69, 9.17) is 4.74 Å². The molecule has 1 aliphatic rings. The number of likely N-dealkylation sites (tertiary alicyclic amines) is 1. The van der Waals surface area contributed by atoms with Gasteiger partial charge < -0.3 is 9.64 Å². The molecule has 0 spiro atoms. The lowest BCUT2D eigenvalue weighted by Gasteiger charge is -2.31. The number of ether oxygens (including phenoxy) is 1. The van der Waals surface area contributed by atoms with Crippen molar-refractivity contribution in [2.45, 2.75) is 25.2 Å². The predicted molar refractivity (Wildman–Crippen MR) is 111 cm³/mol. The van der Waals surface area contributed by atoms with E-state index in [1.165, 1.54) is 4.88 Å². The molecule has 1 aromatic carbocycles. The maximum absolute atomic E-state index is 12.2. The van der Waals surface area contributed by atoms with Gasteiger partial charge in [-0.2, -0.15) is 0 Å². The van der Waals surface area contributed by atoms with Gasteiger partial charge in [-0.3, -0.25) is 0 Å². The Hall–Kier alpha value is -1.41. The summed E-state index contributed by atoms with van der Waals surface area (Å²) in [6, 6.07) is 11.9. The number of nitrogens with one attached hydrogen (secondary N) is 1. The second-order valence-corrected chi connectivity index (χ2v) is 9.85. The van der Waals surface area contributed by atoms with Crippen LogP contribution in [0, 0.1) is 0 Å². The normalized spacial score (nSPS) is 16.5. The minimum atomic E-state index is -3.25. The predicted octanol–water partition coefficient (Wildman–Crippen LogP) is 3.10. The molecule has 1 fully saturated rings. The first-order valence-electron chi connectivity index (χ1n) is 9.42. The zero-order valence-corrected chi connectivity index (χ0v) is 17.4. The molecule has 3 rings (SSSR count). The highest BCUT2D eigenvalue weighted by Gasteiger charge is 2.21. The SMILES string of the molecule is COc1ccc(CCS(=O)(=O)NCCN2CCC(c3cccs3)CC2)cc1. The molecule has 1 saturated heterocycles. The van der Waals surface area contributed by atoms with Gasteiger partial charge in [-0.1, -0.05) is 18.2 Å². The van der Waals surface area contributed by atoms with Gasteiger partial charge in [0.2, 0.25) is 10.0 Å². The van der Waals surface area contributed by atoms with Crippen molar-refractivity contribution < 1.29 is 13.2 Å². The maximum atomic E-state index is 12.2. The van der Waals surface area contributed by atoms with E-state index in [1.807, 2.05) is 35.6 Å². The lowest BCUT2D eigenvalue weighted by molar-refractivity contribution is 0.217. The fourth-order valence-electron chi connectivity index (χ4n) is 3.44. The average Bonchev–Trinajstić information content (AvgIpc) is 3.22. The van der Waals surface area contributed by atoms with Crippen molar-refractivity contribution in [1.82, 2.24) is 9.62 Å². The molecule has 1 aromatic heterocycles. The molecule has 0 unspecified atom stereocenters. The Bertz CT molecular complexity index is 781. The van der Waals surface area contributed by atoms with Crippen LogP contribution in [0.5, 0.6) is 5.75 Å². The van der Waals surface area contributed by atoms with Crippen molar-refractivity contribution in [1.29, 1.82) is 0 Å². The number of benzene rings is 1. The van der Waals surface area contributed by atoms with Gasteiger partial charge in [0.05, 0.1) is 12.9 Å². The first-order chi connectivity index (χ1) is 13.1. The standard InChI is InChI=1S/C20H28N2O3S2/c1-25-19-6-4-17(5-7-19)10-16-27(23,24)21-11-14-22-12-8-18(9-13-22)20-3-2-15-26-20/h2-7,15,18,21H,8-14,16H2,1H3. The summed E-state index contributed by atoms with van der Waals surface area (Å²) < 4.78 is 32.3. The van der Waals surface area contributed by atoms with Crippen LogP contribution in [0.4, 0.5) is 0 Å². The minimum Gasteiger partial charge on any atom is -0.497 e. The summed E-state index contributed by atoms with van der Waals surface area (Å²) >= 11 is 1.84. The van der Waals surface area contributed by atoms with Crippen molar-refractivity contribution in [3.05, 3.63) is 52.2 Å². The van der Waals surface area contributed by atoms with Crippen molar-refractivity contribution in [3.63, 3.8) is 0 Å². The molecule has 0 amide bonds. The van der Waals surface area contributed by atoms with Crippen LogP contribution in [0.15, 0.2) is 41.8 Å². The molecule has 5 nitrogen and oxygen atoms in total. The lowest BCUT2D eigenvalue weighted by Crippen LogP contribution is -2.39. The number of piperidine rings is 1. The van der Waals surface area contributed by atoms with E-state index in [1.54, 1.807) is 7.11 Å². The molecule has 7 heteroatoms. The van der Waals surface area contributed by atoms with Crippen molar-refractivity contribution in [2.24, 2.45) is 0 Å². The van der Waals surface area contributed by atoms with Crippen LogP contribution < -0.4 is 9.46 Å². The number of hydrogen-bond acceptors (Lipinski definition) is 5. The van der Waals surface area contributed by atoms with E-state index in [9.17, 15) is 8.42 Å². The van der Waals surface area contributed by atoms with Crippen LogP contribution in [0.1, 0.15) is 29.2 Å². The smallest absolute Gasteiger partial charge is 0.211 e. The topological polar surface area (TPSA) is 58.6 Å². The largest absolute Gasteiger partial charge is 0.497 e. The lowest BCUT2D eigenvalue weighted by atomic mass is 9.95. The van der Waals surface area contributed by atoms with E-state index in [0.717, 1.165) is 43.8 Å². The molecule has 27 heavy (non-hydrogen) atoms. The Labute approximate surface area is 166 Å². The fourth-order valence-corrected chi connectivity index (χ4v) is 5.39. The second-order valence-electron chi connectivity index (χ2n) is 6.94. The third-order valence-corrected chi connectivity index (χ3v) is 7.52. The minimum absolute atomic E-state index is 0.111. The summed E-state index contributed by atoms with van der Waals surface area (Å²) in [5.74, 6) is 1.56. The highest BCUT2D eigenvalue weighted by atomic mass is 32.2. The average molecular weight is 409 g/mol. The summed E-state index contributed by atoms with van der Waals surface area (Å²) in [6.45, 7) is 3.33. The van der Waals surface area contributed by atoms with E-state index >= 15 is 0 Å². The first-order valence-corrected chi connectivity index (χ1v) is 11.9.